The first-order chi connectivity index (χ1) is 10.5. The Labute approximate surface area is 153 Å². The molecule has 150 valence electrons. The maximum atomic E-state index is 9.32. The zero-order valence-corrected chi connectivity index (χ0v) is 18.9. The van der Waals surface area contributed by atoms with Gasteiger partial charge in [0.2, 0.25) is 0 Å². The fourth-order valence-corrected chi connectivity index (χ4v) is 1.86. The van der Waals surface area contributed by atoms with Gasteiger partial charge in [-0.2, -0.15) is 0 Å². The number of hydrogen-bond acceptors (Lipinski definition) is 3. The molecule has 0 rings (SSSR count). The summed E-state index contributed by atoms with van der Waals surface area (Å²) >= 11 is 0. The average Bonchev–Trinajstić information content (AvgIpc) is 2.36. The molecule has 0 spiro atoms. The molecule has 0 radical (unpaired) electrons. The smallest absolute Gasteiger partial charge is 0.0712 e. The summed E-state index contributed by atoms with van der Waals surface area (Å²) < 4.78 is 0. The third-order valence-electron chi connectivity index (χ3n) is 3.78. The van der Waals surface area contributed by atoms with Crippen LogP contribution >= 0.6 is 0 Å². The van der Waals surface area contributed by atoms with Crippen molar-refractivity contribution in [2.75, 3.05) is 13.6 Å². The molecule has 0 aliphatic carbocycles. The Morgan fingerprint density at radius 2 is 1.12 bits per heavy atom. The van der Waals surface area contributed by atoms with Gasteiger partial charge in [0.05, 0.1) is 12.2 Å². The number of likely N-dealkylation sites (N-methyl/N-ethyl adjacent to an activating group) is 1. The number of hydrogen-bond donors (Lipinski definition) is 3. The highest BCUT2D eigenvalue weighted by Crippen LogP contribution is 2.21. The van der Waals surface area contributed by atoms with Crippen molar-refractivity contribution in [3.63, 3.8) is 0 Å². The molecule has 3 N–H and O–H groups in total. The van der Waals surface area contributed by atoms with Gasteiger partial charge in [0.15, 0.2) is 0 Å². The molecule has 3 nitrogen and oxygen atoms in total. The molecule has 0 heterocycles. The van der Waals surface area contributed by atoms with Gasteiger partial charge in [0.1, 0.15) is 0 Å². The summed E-state index contributed by atoms with van der Waals surface area (Å²) in [6.07, 6.45) is 3.10. The Balaban J connectivity index is -0.000000278. The highest BCUT2D eigenvalue weighted by atomic mass is 16.3. The number of aliphatic hydroxyl groups is 2. The van der Waals surface area contributed by atoms with Crippen LogP contribution in [-0.2, 0) is 0 Å². The van der Waals surface area contributed by atoms with Crippen molar-refractivity contribution in [2.24, 2.45) is 16.2 Å². The lowest BCUT2D eigenvalue weighted by molar-refractivity contribution is 0.0600. The molecule has 2 atom stereocenters. The minimum absolute atomic E-state index is 0.00299. The monoisotopic (exact) mass is 347 g/mol. The van der Waals surface area contributed by atoms with Crippen molar-refractivity contribution in [2.45, 2.75) is 108 Å². The Morgan fingerprint density at radius 1 is 0.750 bits per heavy atom. The van der Waals surface area contributed by atoms with Gasteiger partial charge in [0, 0.05) is 6.54 Å². The van der Waals surface area contributed by atoms with Crippen molar-refractivity contribution >= 4 is 0 Å². The quantitative estimate of drug-likeness (QED) is 0.651. The van der Waals surface area contributed by atoms with E-state index in [9.17, 15) is 10.2 Å². The highest BCUT2D eigenvalue weighted by Gasteiger charge is 2.20. The van der Waals surface area contributed by atoms with Crippen LogP contribution in [0.4, 0.5) is 0 Å². The second kappa shape index (κ2) is 13.1. The summed E-state index contributed by atoms with van der Waals surface area (Å²) in [5.41, 5.74) is 0.618. The summed E-state index contributed by atoms with van der Waals surface area (Å²) in [5.74, 6) is 0. The summed E-state index contributed by atoms with van der Waals surface area (Å²) in [6, 6.07) is 0. The van der Waals surface area contributed by atoms with Crippen LogP contribution in [0.2, 0.25) is 0 Å². The molecule has 0 aromatic rings. The van der Waals surface area contributed by atoms with Crippen LogP contribution in [0.3, 0.4) is 0 Å². The third-order valence-corrected chi connectivity index (χ3v) is 3.78. The number of rotatable bonds is 4. The van der Waals surface area contributed by atoms with Gasteiger partial charge in [-0.05, 0) is 36.1 Å². The van der Waals surface area contributed by atoms with E-state index in [1.165, 1.54) is 12.8 Å². The predicted octanol–water partition coefficient (Wildman–Crippen LogP) is 5.25. The minimum Gasteiger partial charge on any atom is -0.393 e. The lowest BCUT2D eigenvalue weighted by Gasteiger charge is -2.25. The lowest BCUT2D eigenvalue weighted by Crippen LogP contribution is -2.34. The van der Waals surface area contributed by atoms with Gasteiger partial charge in [-0.3, -0.25) is 0 Å². The molecule has 0 aliphatic heterocycles. The van der Waals surface area contributed by atoms with Crippen LogP contribution in [0, 0.1) is 16.2 Å². The van der Waals surface area contributed by atoms with E-state index in [2.05, 4.69) is 33.0 Å². The van der Waals surface area contributed by atoms with Crippen LogP contribution in [0.1, 0.15) is 95.4 Å². The van der Waals surface area contributed by atoms with Gasteiger partial charge in [0.25, 0.3) is 0 Å². The van der Waals surface area contributed by atoms with Crippen LogP contribution < -0.4 is 5.32 Å². The van der Waals surface area contributed by atoms with Crippen LogP contribution in [0.15, 0.2) is 0 Å². The van der Waals surface area contributed by atoms with Crippen LogP contribution in [0.25, 0.3) is 0 Å². The maximum absolute atomic E-state index is 9.32. The molecule has 0 saturated heterocycles. The molecule has 0 aromatic carbocycles. The molecular weight excluding hydrogens is 298 g/mol. The fraction of sp³-hybridized carbons (Fsp3) is 1.00. The zero-order valence-electron chi connectivity index (χ0n) is 18.9. The second-order valence-electron chi connectivity index (χ2n) is 10.0. The second-order valence-corrected chi connectivity index (χ2v) is 10.0. The third kappa shape index (κ3) is 21.9. The fourth-order valence-electron chi connectivity index (χ4n) is 1.86. The van der Waals surface area contributed by atoms with Crippen LogP contribution in [0.5, 0.6) is 0 Å². The molecule has 24 heavy (non-hydrogen) atoms. The topological polar surface area (TPSA) is 52.5 Å². The van der Waals surface area contributed by atoms with Crippen molar-refractivity contribution < 1.29 is 10.2 Å². The lowest BCUT2D eigenvalue weighted by atomic mass is 9.88. The van der Waals surface area contributed by atoms with E-state index < -0.39 is 0 Å². The van der Waals surface area contributed by atoms with E-state index in [0.717, 1.165) is 6.42 Å². The van der Waals surface area contributed by atoms with Gasteiger partial charge < -0.3 is 15.5 Å². The molecule has 3 heteroatoms. The first-order valence-electron chi connectivity index (χ1n) is 9.53. The average molecular weight is 348 g/mol. The first-order valence-corrected chi connectivity index (χ1v) is 9.53. The molecule has 0 amide bonds. The van der Waals surface area contributed by atoms with E-state index in [1.54, 1.807) is 0 Å². The molecule has 0 aromatic heterocycles. The Kier molecular flexibility index (Phi) is 15.7. The van der Waals surface area contributed by atoms with Gasteiger partial charge >= 0.3 is 0 Å². The summed E-state index contributed by atoms with van der Waals surface area (Å²) in [6.45, 7) is 23.9. The SMILES string of the molecule is CCC(O)C(C)(C)C.CCCC(C)(C)C.CNCC(O)C(C)(C)C. The van der Waals surface area contributed by atoms with Crippen LogP contribution in [-0.4, -0.2) is 36.0 Å². The zero-order chi connectivity index (χ0) is 20.2. The number of aliphatic hydroxyl groups excluding tert-OH is 2. The Hall–Kier alpha value is -0.120. The maximum Gasteiger partial charge on any atom is 0.0712 e. The predicted molar refractivity (Wildman–Crippen MR) is 110 cm³/mol. The van der Waals surface area contributed by atoms with Crippen molar-refractivity contribution in [3.05, 3.63) is 0 Å². The molecule has 0 aliphatic rings. The van der Waals surface area contributed by atoms with Gasteiger partial charge in [-0.1, -0.05) is 82.6 Å². The Bertz CT molecular complexity index is 269. The molecule has 0 fully saturated rings. The summed E-state index contributed by atoms with van der Waals surface area (Å²) in [7, 11) is 1.84. The van der Waals surface area contributed by atoms with E-state index in [-0.39, 0.29) is 23.0 Å². The van der Waals surface area contributed by atoms with Crippen molar-refractivity contribution in [1.29, 1.82) is 0 Å². The van der Waals surface area contributed by atoms with E-state index >= 15 is 0 Å². The van der Waals surface area contributed by atoms with E-state index in [0.29, 0.717) is 12.0 Å². The summed E-state index contributed by atoms with van der Waals surface area (Å²) in [4.78, 5) is 0. The standard InChI is InChI=1S/C7H17NO.C7H16O.C7H16/c1-7(2,3)6(9)5-8-4;1-5-6(8)7(2,3)4;1-5-6-7(2,3)4/h6,8-9H,5H2,1-4H3;6,8H,5H2,1-4H3;5-6H2,1-4H3. The molecule has 0 saturated carbocycles. The largest absolute Gasteiger partial charge is 0.393 e. The van der Waals surface area contributed by atoms with Gasteiger partial charge in [-0.15, -0.1) is 0 Å². The van der Waals surface area contributed by atoms with Crippen molar-refractivity contribution in [1.82, 2.24) is 5.32 Å². The number of nitrogens with one attached hydrogen (secondary N) is 1. The molecule has 0 bridgehead atoms. The van der Waals surface area contributed by atoms with E-state index in [4.69, 9.17) is 0 Å². The molecular formula is C21H49NO2. The summed E-state index contributed by atoms with van der Waals surface area (Å²) in [5, 5.41) is 21.4. The molecule has 2 unspecified atom stereocenters. The normalized spacial score (nSPS) is 14.8. The van der Waals surface area contributed by atoms with Crippen molar-refractivity contribution in [3.8, 4) is 0 Å². The Morgan fingerprint density at radius 3 is 1.17 bits per heavy atom. The minimum atomic E-state index is -0.248. The van der Waals surface area contributed by atoms with E-state index in [1.807, 2.05) is 55.5 Å². The van der Waals surface area contributed by atoms with Gasteiger partial charge in [-0.25, -0.2) is 0 Å². The first kappa shape index (κ1) is 28.7. The highest BCUT2D eigenvalue weighted by molar-refractivity contribution is 4.73.